The Labute approximate surface area is 211 Å². The molecular weight excluding hydrogens is 486 g/mol. The lowest BCUT2D eigenvalue weighted by atomic mass is 10.0. The van der Waals surface area contributed by atoms with Gasteiger partial charge in [-0.2, -0.15) is 0 Å². The van der Waals surface area contributed by atoms with E-state index in [9.17, 15) is 28.8 Å². The number of fused-ring (bicyclic) bond motifs is 1. The zero-order valence-corrected chi connectivity index (χ0v) is 20.2. The first-order valence-corrected chi connectivity index (χ1v) is 11.4. The van der Waals surface area contributed by atoms with E-state index in [1.165, 1.54) is 6.92 Å². The van der Waals surface area contributed by atoms with Crippen molar-refractivity contribution in [2.24, 2.45) is 17.2 Å². The highest BCUT2D eigenvalue weighted by atomic mass is 16.4. The molecule has 0 aliphatic carbocycles. The van der Waals surface area contributed by atoms with Crippen LogP contribution in [0.5, 0.6) is 0 Å². The topological polar surface area (TPSA) is 253 Å². The summed E-state index contributed by atoms with van der Waals surface area (Å²) in [6, 6.07) is 2.04. The number of carboxylic acids is 1. The van der Waals surface area contributed by atoms with Crippen LogP contribution in [0.25, 0.3) is 10.9 Å². The van der Waals surface area contributed by atoms with Gasteiger partial charge in [-0.05, 0) is 25.0 Å². The maximum absolute atomic E-state index is 13.2. The predicted octanol–water partition coefficient (Wildman–Crippen LogP) is -2.26. The van der Waals surface area contributed by atoms with Gasteiger partial charge in [-0.15, -0.1) is 0 Å². The van der Waals surface area contributed by atoms with Gasteiger partial charge in [0, 0.05) is 29.9 Å². The van der Waals surface area contributed by atoms with Crippen LogP contribution >= 0.6 is 0 Å². The number of aromatic nitrogens is 1. The van der Waals surface area contributed by atoms with E-state index in [2.05, 4.69) is 20.9 Å². The van der Waals surface area contributed by atoms with E-state index in [4.69, 9.17) is 22.3 Å². The highest BCUT2D eigenvalue weighted by molar-refractivity contribution is 5.96. The van der Waals surface area contributed by atoms with Gasteiger partial charge in [0.1, 0.15) is 18.1 Å². The lowest BCUT2D eigenvalue weighted by Gasteiger charge is -2.24. The molecule has 5 amide bonds. The van der Waals surface area contributed by atoms with E-state index in [1.54, 1.807) is 12.3 Å². The second-order valence-corrected chi connectivity index (χ2v) is 8.54. The average Bonchev–Trinajstić information content (AvgIpc) is 3.23. The molecule has 14 nitrogen and oxygen atoms in total. The van der Waals surface area contributed by atoms with Gasteiger partial charge < -0.3 is 43.2 Å². The van der Waals surface area contributed by atoms with Crippen molar-refractivity contribution in [3.63, 3.8) is 0 Å². The minimum absolute atomic E-state index is 0.0272. The Bertz CT molecular complexity index is 1180. The number of aliphatic carboxylic acids is 1. The van der Waals surface area contributed by atoms with Crippen molar-refractivity contribution in [3.8, 4) is 0 Å². The lowest BCUT2D eigenvalue weighted by Crippen LogP contribution is -2.58. The lowest BCUT2D eigenvalue weighted by molar-refractivity contribution is -0.142. The van der Waals surface area contributed by atoms with Gasteiger partial charge >= 0.3 is 5.97 Å². The monoisotopic (exact) mass is 517 g/mol. The molecule has 37 heavy (non-hydrogen) atoms. The molecule has 0 bridgehead atoms. The minimum Gasteiger partial charge on any atom is -0.480 e. The van der Waals surface area contributed by atoms with Crippen molar-refractivity contribution in [1.29, 1.82) is 0 Å². The molecule has 4 atom stereocenters. The summed E-state index contributed by atoms with van der Waals surface area (Å²) in [4.78, 5) is 75.2. The van der Waals surface area contributed by atoms with E-state index >= 15 is 0 Å². The SMILES string of the molecule is CC(NC(=O)C(CC(N)=O)NC(=O)C(Cc1c[nH]c2ccccc12)NC(=O)C(N)CCC(N)=O)C(=O)O. The van der Waals surface area contributed by atoms with E-state index in [0.29, 0.717) is 5.56 Å². The number of primary amides is 2. The minimum atomic E-state index is -1.50. The third-order valence-electron chi connectivity index (χ3n) is 5.54. The molecule has 1 aromatic carbocycles. The zero-order chi connectivity index (χ0) is 27.7. The summed E-state index contributed by atoms with van der Waals surface area (Å²) in [6.07, 6.45) is 0.821. The molecule has 0 radical (unpaired) electrons. The number of carbonyl (C=O) groups excluding carboxylic acids is 5. The molecule has 0 aliphatic heterocycles. The predicted molar refractivity (Wildman–Crippen MR) is 131 cm³/mol. The molecular formula is C23H31N7O7. The van der Waals surface area contributed by atoms with Gasteiger partial charge in [0.15, 0.2) is 0 Å². The molecule has 11 N–H and O–H groups in total. The van der Waals surface area contributed by atoms with Crippen molar-refractivity contribution in [1.82, 2.24) is 20.9 Å². The molecule has 14 heteroatoms. The van der Waals surface area contributed by atoms with Crippen LogP contribution in [0, 0.1) is 0 Å². The third kappa shape index (κ3) is 8.61. The van der Waals surface area contributed by atoms with E-state index in [1.807, 2.05) is 18.2 Å². The van der Waals surface area contributed by atoms with Crippen LogP contribution in [0.2, 0.25) is 0 Å². The number of benzene rings is 1. The quantitative estimate of drug-likeness (QED) is 0.135. The van der Waals surface area contributed by atoms with Gasteiger partial charge in [-0.1, -0.05) is 18.2 Å². The number of hydrogen-bond acceptors (Lipinski definition) is 7. The fourth-order valence-electron chi connectivity index (χ4n) is 3.50. The number of carboxylic acid groups (broad SMARTS) is 1. The number of nitrogens with two attached hydrogens (primary N) is 3. The van der Waals surface area contributed by atoms with Crippen molar-refractivity contribution in [2.45, 2.75) is 56.8 Å². The summed E-state index contributed by atoms with van der Waals surface area (Å²) < 4.78 is 0. The fourth-order valence-corrected chi connectivity index (χ4v) is 3.50. The second-order valence-electron chi connectivity index (χ2n) is 8.54. The maximum Gasteiger partial charge on any atom is 0.325 e. The standard InChI is InChI=1S/C23H31N7O7/c1-11(23(36)37)28-21(34)17(9-19(26)32)30-22(35)16(29-20(33)14(24)6-7-18(25)31)8-12-10-27-15-5-3-2-4-13(12)15/h2-5,10-11,14,16-17,27H,6-9,24H2,1H3,(H2,25,31)(H2,26,32)(H,28,34)(H,29,33)(H,30,35)(H,36,37). The molecule has 0 fully saturated rings. The number of amides is 5. The number of rotatable bonds is 14. The molecule has 2 aromatic rings. The summed E-state index contributed by atoms with van der Waals surface area (Å²) in [5, 5.41) is 16.9. The Morgan fingerprint density at radius 3 is 2.16 bits per heavy atom. The first kappa shape index (κ1) is 28.8. The molecule has 0 aliphatic rings. The number of aromatic amines is 1. The van der Waals surface area contributed by atoms with Crippen LogP contribution < -0.4 is 33.2 Å². The largest absolute Gasteiger partial charge is 0.480 e. The van der Waals surface area contributed by atoms with Gasteiger partial charge in [0.05, 0.1) is 12.5 Å². The Kier molecular flexibility index (Phi) is 10.1. The van der Waals surface area contributed by atoms with Gasteiger partial charge in [0.25, 0.3) is 0 Å². The van der Waals surface area contributed by atoms with Crippen LogP contribution in [0.1, 0.15) is 31.7 Å². The maximum atomic E-state index is 13.2. The first-order valence-electron chi connectivity index (χ1n) is 11.4. The highest BCUT2D eigenvalue weighted by Crippen LogP contribution is 2.19. The third-order valence-corrected chi connectivity index (χ3v) is 5.54. The van der Waals surface area contributed by atoms with Crippen molar-refractivity contribution >= 4 is 46.4 Å². The normalized spacial score (nSPS) is 14.1. The smallest absolute Gasteiger partial charge is 0.325 e. The van der Waals surface area contributed by atoms with Crippen LogP contribution in [0.15, 0.2) is 30.5 Å². The van der Waals surface area contributed by atoms with Crippen LogP contribution in [-0.4, -0.2) is 69.8 Å². The Hall–Kier alpha value is -4.46. The van der Waals surface area contributed by atoms with E-state index < -0.39 is 66.1 Å². The van der Waals surface area contributed by atoms with Crippen LogP contribution in [0.4, 0.5) is 0 Å². The number of nitrogens with one attached hydrogen (secondary N) is 4. The van der Waals surface area contributed by atoms with E-state index in [-0.39, 0.29) is 19.3 Å². The number of hydrogen-bond donors (Lipinski definition) is 8. The van der Waals surface area contributed by atoms with Gasteiger partial charge in [0.2, 0.25) is 29.5 Å². The molecule has 0 saturated heterocycles. The summed E-state index contributed by atoms with van der Waals surface area (Å²) in [5.74, 6) is -5.42. The second kappa shape index (κ2) is 13.0. The number of H-pyrrole nitrogens is 1. The first-order chi connectivity index (χ1) is 17.4. The Morgan fingerprint density at radius 2 is 1.54 bits per heavy atom. The Balaban J connectivity index is 2.28. The van der Waals surface area contributed by atoms with Crippen LogP contribution in [-0.2, 0) is 35.2 Å². The molecule has 1 aromatic heterocycles. The molecule has 1 heterocycles. The molecule has 0 saturated carbocycles. The van der Waals surface area contributed by atoms with Crippen molar-refractivity contribution in [2.75, 3.05) is 0 Å². The highest BCUT2D eigenvalue weighted by Gasteiger charge is 2.31. The van der Waals surface area contributed by atoms with Gasteiger partial charge in [-0.3, -0.25) is 28.8 Å². The summed E-state index contributed by atoms with van der Waals surface area (Å²) in [7, 11) is 0. The summed E-state index contributed by atoms with van der Waals surface area (Å²) >= 11 is 0. The summed E-state index contributed by atoms with van der Waals surface area (Å²) in [6.45, 7) is 1.21. The number of para-hydroxylation sites is 1. The zero-order valence-electron chi connectivity index (χ0n) is 20.2. The average molecular weight is 518 g/mol. The van der Waals surface area contributed by atoms with Crippen molar-refractivity contribution in [3.05, 3.63) is 36.0 Å². The fraction of sp³-hybridized carbons (Fsp3) is 0.391. The van der Waals surface area contributed by atoms with E-state index in [0.717, 1.165) is 10.9 Å². The molecule has 4 unspecified atom stereocenters. The van der Waals surface area contributed by atoms with Gasteiger partial charge in [-0.25, -0.2) is 0 Å². The number of carbonyl (C=O) groups is 6. The summed E-state index contributed by atoms with van der Waals surface area (Å²) in [5.41, 5.74) is 17.6. The molecule has 2 rings (SSSR count). The van der Waals surface area contributed by atoms with Crippen molar-refractivity contribution < 1.29 is 33.9 Å². The molecule has 200 valence electrons. The Morgan fingerprint density at radius 1 is 0.919 bits per heavy atom. The van der Waals surface area contributed by atoms with Crippen LogP contribution in [0.3, 0.4) is 0 Å². The molecule has 0 spiro atoms.